The fourth-order valence-electron chi connectivity index (χ4n) is 2.08. The molecule has 0 unspecified atom stereocenters. The summed E-state index contributed by atoms with van der Waals surface area (Å²) in [5.74, 6) is 3.30. The molecule has 1 fully saturated rings. The first-order valence-electron chi connectivity index (χ1n) is 5.43. The molecule has 1 nitrogen and oxygen atoms in total. The number of nitrogens with zero attached hydrogens (tertiary/aromatic N) is 1. The zero-order valence-corrected chi connectivity index (χ0v) is 9.59. The Bertz CT molecular complexity index is 361. The lowest BCUT2D eigenvalue weighted by Crippen LogP contribution is -2.07. The van der Waals surface area contributed by atoms with E-state index in [1.54, 1.807) is 0 Å². The van der Waals surface area contributed by atoms with Crippen molar-refractivity contribution in [3.63, 3.8) is 0 Å². The van der Waals surface area contributed by atoms with Crippen molar-refractivity contribution in [2.45, 2.75) is 25.2 Å². The monoisotopic (exact) mass is 217 g/mol. The zero-order chi connectivity index (χ0) is 10.5. The second-order valence-electron chi connectivity index (χ2n) is 3.97. The average molecular weight is 217 g/mol. The molecule has 0 radical (unpaired) electrons. The van der Waals surface area contributed by atoms with Crippen molar-refractivity contribution in [3.05, 3.63) is 35.4 Å². The highest BCUT2D eigenvalue weighted by molar-refractivity contribution is 7.99. The fraction of sp³-hybridized carbons (Fsp3) is 0.462. The van der Waals surface area contributed by atoms with Crippen LogP contribution in [0.5, 0.6) is 0 Å². The van der Waals surface area contributed by atoms with E-state index in [0.717, 1.165) is 11.5 Å². The quantitative estimate of drug-likeness (QED) is 0.758. The van der Waals surface area contributed by atoms with Gasteiger partial charge in [-0.2, -0.15) is 17.0 Å². The first kappa shape index (κ1) is 10.6. The Morgan fingerprint density at radius 3 is 2.87 bits per heavy atom. The molecule has 2 heteroatoms. The summed E-state index contributed by atoms with van der Waals surface area (Å²) in [5, 5.41) is 8.67. The topological polar surface area (TPSA) is 23.8 Å². The van der Waals surface area contributed by atoms with E-state index in [1.807, 2.05) is 6.07 Å². The van der Waals surface area contributed by atoms with E-state index in [4.69, 9.17) is 5.26 Å². The molecular formula is C13H15NS. The predicted molar refractivity (Wildman–Crippen MR) is 65.1 cm³/mol. The second kappa shape index (κ2) is 5.23. The van der Waals surface area contributed by atoms with Gasteiger partial charge in [0.25, 0.3) is 0 Å². The molecule has 2 rings (SSSR count). The number of hydrogen-bond acceptors (Lipinski definition) is 2. The van der Waals surface area contributed by atoms with Gasteiger partial charge in [-0.15, -0.1) is 0 Å². The fourth-order valence-corrected chi connectivity index (χ4v) is 3.19. The molecule has 1 aliphatic heterocycles. The smallest absolute Gasteiger partial charge is 0.0669 e. The van der Waals surface area contributed by atoms with Gasteiger partial charge in [0.15, 0.2) is 0 Å². The SMILES string of the molecule is N#CCc1cccc(C2CCSCC2)c1. The zero-order valence-electron chi connectivity index (χ0n) is 8.78. The molecule has 1 aromatic carbocycles. The summed E-state index contributed by atoms with van der Waals surface area (Å²) < 4.78 is 0. The number of rotatable bonds is 2. The van der Waals surface area contributed by atoms with Gasteiger partial charge in [-0.1, -0.05) is 24.3 Å². The summed E-state index contributed by atoms with van der Waals surface area (Å²) in [5.41, 5.74) is 2.59. The normalized spacial score (nSPS) is 17.3. The highest BCUT2D eigenvalue weighted by Crippen LogP contribution is 2.31. The molecule has 0 aromatic heterocycles. The minimum atomic E-state index is 0.537. The number of hydrogen-bond donors (Lipinski definition) is 0. The molecule has 15 heavy (non-hydrogen) atoms. The van der Waals surface area contributed by atoms with Crippen molar-refractivity contribution in [2.24, 2.45) is 0 Å². The van der Waals surface area contributed by atoms with Crippen molar-refractivity contribution >= 4 is 11.8 Å². The van der Waals surface area contributed by atoms with Gasteiger partial charge >= 0.3 is 0 Å². The Balaban J connectivity index is 2.13. The van der Waals surface area contributed by atoms with Crippen LogP contribution in [-0.4, -0.2) is 11.5 Å². The van der Waals surface area contributed by atoms with Crippen LogP contribution in [0.3, 0.4) is 0 Å². The van der Waals surface area contributed by atoms with Crippen LogP contribution in [-0.2, 0) is 6.42 Å². The molecule has 1 heterocycles. The summed E-state index contributed by atoms with van der Waals surface area (Å²) in [6, 6.07) is 10.8. The first-order chi connectivity index (χ1) is 7.40. The molecule has 0 atom stereocenters. The lowest BCUT2D eigenvalue weighted by Gasteiger charge is -2.21. The Morgan fingerprint density at radius 2 is 2.13 bits per heavy atom. The molecule has 0 aliphatic carbocycles. The lowest BCUT2D eigenvalue weighted by atomic mass is 9.92. The highest BCUT2D eigenvalue weighted by atomic mass is 32.2. The van der Waals surface area contributed by atoms with Crippen LogP contribution in [0.1, 0.15) is 29.9 Å². The Morgan fingerprint density at radius 1 is 1.33 bits per heavy atom. The number of benzene rings is 1. The van der Waals surface area contributed by atoms with Crippen LogP contribution in [0.25, 0.3) is 0 Å². The van der Waals surface area contributed by atoms with Crippen LogP contribution < -0.4 is 0 Å². The average Bonchev–Trinajstić information content (AvgIpc) is 2.31. The standard InChI is InChI=1S/C13H15NS/c14-7-4-11-2-1-3-13(10-11)12-5-8-15-9-6-12/h1-3,10,12H,4-6,8-9H2. The van der Waals surface area contributed by atoms with E-state index in [-0.39, 0.29) is 0 Å². The van der Waals surface area contributed by atoms with E-state index in [0.29, 0.717) is 6.42 Å². The molecule has 0 spiro atoms. The highest BCUT2D eigenvalue weighted by Gasteiger charge is 2.15. The van der Waals surface area contributed by atoms with Crippen LogP contribution in [0.15, 0.2) is 24.3 Å². The minimum Gasteiger partial charge on any atom is -0.198 e. The van der Waals surface area contributed by atoms with Crippen molar-refractivity contribution in [3.8, 4) is 6.07 Å². The summed E-state index contributed by atoms with van der Waals surface area (Å²) in [6.45, 7) is 0. The van der Waals surface area contributed by atoms with Gasteiger partial charge in [0.05, 0.1) is 12.5 Å². The van der Waals surface area contributed by atoms with Gasteiger partial charge in [0.2, 0.25) is 0 Å². The lowest BCUT2D eigenvalue weighted by molar-refractivity contribution is 0.637. The Kier molecular flexibility index (Phi) is 3.69. The molecule has 0 bridgehead atoms. The molecule has 0 saturated carbocycles. The third kappa shape index (κ3) is 2.76. The van der Waals surface area contributed by atoms with Crippen molar-refractivity contribution < 1.29 is 0 Å². The Hall–Kier alpha value is -0.940. The number of thioether (sulfide) groups is 1. The molecule has 0 N–H and O–H groups in total. The molecule has 1 aromatic rings. The molecule has 1 aliphatic rings. The summed E-state index contributed by atoms with van der Waals surface area (Å²) in [4.78, 5) is 0. The van der Waals surface area contributed by atoms with Gasteiger partial charge in [-0.05, 0) is 41.4 Å². The molecular weight excluding hydrogens is 202 g/mol. The van der Waals surface area contributed by atoms with Crippen molar-refractivity contribution in [1.82, 2.24) is 0 Å². The van der Waals surface area contributed by atoms with Crippen LogP contribution in [0.4, 0.5) is 0 Å². The van der Waals surface area contributed by atoms with E-state index in [9.17, 15) is 0 Å². The van der Waals surface area contributed by atoms with Crippen molar-refractivity contribution in [2.75, 3.05) is 11.5 Å². The largest absolute Gasteiger partial charge is 0.198 e. The maximum Gasteiger partial charge on any atom is 0.0669 e. The number of nitriles is 1. The van der Waals surface area contributed by atoms with Gasteiger partial charge in [-0.25, -0.2) is 0 Å². The first-order valence-corrected chi connectivity index (χ1v) is 6.59. The summed E-state index contributed by atoms with van der Waals surface area (Å²) in [6.07, 6.45) is 3.12. The molecule has 1 saturated heterocycles. The summed E-state index contributed by atoms with van der Waals surface area (Å²) >= 11 is 2.06. The third-order valence-corrected chi connectivity index (χ3v) is 3.98. The van der Waals surface area contributed by atoms with Gasteiger partial charge in [0.1, 0.15) is 0 Å². The minimum absolute atomic E-state index is 0.537. The van der Waals surface area contributed by atoms with Crippen LogP contribution in [0, 0.1) is 11.3 Å². The van der Waals surface area contributed by atoms with Crippen LogP contribution in [0.2, 0.25) is 0 Å². The van der Waals surface area contributed by atoms with Gasteiger partial charge in [0, 0.05) is 0 Å². The maximum atomic E-state index is 8.67. The van der Waals surface area contributed by atoms with E-state index < -0.39 is 0 Å². The van der Waals surface area contributed by atoms with E-state index in [2.05, 4.69) is 36.0 Å². The van der Waals surface area contributed by atoms with E-state index >= 15 is 0 Å². The second-order valence-corrected chi connectivity index (χ2v) is 5.19. The molecule has 0 amide bonds. The summed E-state index contributed by atoms with van der Waals surface area (Å²) in [7, 11) is 0. The molecule has 78 valence electrons. The van der Waals surface area contributed by atoms with Crippen molar-refractivity contribution in [1.29, 1.82) is 5.26 Å². The maximum absolute atomic E-state index is 8.67. The third-order valence-electron chi connectivity index (χ3n) is 2.93. The van der Waals surface area contributed by atoms with E-state index in [1.165, 1.54) is 29.9 Å². The van der Waals surface area contributed by atoms with Crippen LogP contribution >= 0.6 is 11.8 Å². The predicted octanol–water partition coefficient (Wildman–Crippen LogP) is 3.36. The Labute approximate surface area is 95.5 Å². The van der Waals surface area contributed by atoms with Gasteiger partial charge in [-0.3, -0.25) is 0 Å². The van der Waals surface area contributed by atoms with Gasteiger partial charge < -0.3 is 0 Å².